The van der Waals surface area contributed by atoms with Crippen molar-refractivity contribution in [3.8, 4) is 11.5 Å². The molecule has 0 saturated carbocycles. The third-order valence-electron chi connectivity index (χ3n) is 4.88. The van der Waals surface area contributed by atoms with Gasteiger partial charge in [-0.15, -0.1) is 11.8 Å². The molecule has 2 aromatic rings. The molecule has 144 valence electrons. The minimum absolute atomic E-state index is 0.0473. The van der Waals surface area contributed by atoms with E-state index in [2.05, 4.69) is 4.98 Å². The number of hydrogen-bond acceptors (Lipinski definition) is 6. The van der Waals surface area contributed by atoms with Crippen molar-refractivity contribution < 1.29 is 18.7 Å². The summed E-state index contributed by atoms with van der Waals surface area (Å²) in [5.41, 5.74) is 1.81. The molecule has 0 spiro atoms. The number of likely N-dealkylation sites (tertiary alicyclic amines) is 1. The third-order valence-corrected chi connectivity index (χ3v) is 5.83. The molecule has 1 amide bonds. The quantitative estimate of drug-likeness (QED) is 0.756. The van der Waals surface area contributed by atoms with Crippen molar-refractivity contribution in [2.75, 3.05) is 25.5 Å². The van der Waals surface area contributed by atoms with E-state index in [9.17, 15) is 4.79 Å². The number of benzene rings is 1. The van der Waals surface area contributed by atoms with Crippen molar-refractivity contribution in [2.24, 2.45) is 0 Å². The molecule has 1 atom stereocenters. The van der Waals surface area contributed by atoms with E-state index in [-0.39, 0.29) is 18.2 Å². The minimum Gasteiger partial charge on any atom is -0.444 e. The van der Waals surface area contributed by atoms with Gasteiger partial charge in [-0.25, -0.2) is 4.98 Å². The van der Waals surface area contributed by atoms with E-state index in [1.54, 1.807) is 18.0 Å². The van der Waals surface area contributed by atoms with E-state index in [0.29, 0.717) is 30.6 Å². The highest BCUT2D eigenvalue weighted by Crippen LogP contribution is 2.26. The van der Waals surface area contributed by atoms with Crippen molar-refractivity contribution in [2.45, 2.75) is 37.3 Å². The normalized spacial score (nSPS) is 20.9. The van der Waals surface area contributed by atoms with Crippen LogP contribution in [0.1, 0.15) is 25.0 Å². The van der Waals surface area contributed by atoms with Crippen LogP contribution in [0.4, 0.5) is 0 Å². The molecule has 3 heterocycles. The fourth-order valence-corrected chi connectivity index (χ4v) is 4.35. The summed E-state index contributed by atoms with van der Waals surface area (Å²) < 4.78 is 16.8. The number of aromatic nitrogens is 1. The zero-order valence-corrected chi connectivity index (χ0v) is 16.0. The summed E-state index contributed by atoms with van der Waals surface area (Å²) in [5, 5.41) is 0. The number of thioether (sulfide) groups is 1. The molecule has 4 rings (SSSR count). The summed E-state index contributed by atoms with van der Waals surface area (Å²) in [4.78, 5) is 19.2. The number of rotatable bonds is 6. The lowest BCUT2D eigenvalue weighted by Crippen LogP contribution is -2.50. The Bertz CT molecular complexity index is 745. The van der Waals surface area contributed by atoms with Crippen LogP contribution in [0, 0.1) is 0 Å². The fraction of sp³-hybridized carbons (Fsp3) is 0.500. The van der Waals surface area contributed by atoms with Crippen molar-refractivity contribution in [1.29, 1.82) is 0 Å². The number of amides is 1. The van der Waals surface area contributed by atoms with E-state index in [1.165, 1.54) is 0 Å². The Labute approximate surface area is 163 Å². The van der Waals surface area contributed by atoms with Crippen LogP contribution in [0.15, 0.2) is 41.0 Å². The van der Waals surface area contributed by atoms with Crippen molar-refractivity contribution in [3.63, 3.8) is 0 Å². The van der Waals surface area contributed by atoms with Gasteiger partial charge in [0.15, 0.2) is 6.29 Å². The zero-order valence-electron chi connectivity index (χ0n) is 15.2. The predicted molar refractivity (Wildman–Crippen MR) is 103 cm³/mol. The molecular formula is C20H24N2O4S. The molecule has 6 nitrogen and oxygen atoms in total. The molecule has 2 aliphatic heterocycles. The lowest BCUT2D eigenvalue weighted by molar-refractivity contribution is -0.148. The Kier molecular flexibility index (Phi) is 6.11. The number of carbonyl (C=O) groups is 1. The lowest BCUT2D eigenvalue weighted by Gasteiger charge is -2.38. The molecule has 27 heavy (non-hydrogen) atoms. The Morgan fingerprint density at radius 3 is 2.81 bits per heavy atom. The van der Waals surface area contributed by atoms with Crippen molar-refractivity contribution in [3.05, 3.63) is 42.3 Å². The second-order valence-electron chi connectivity index (χ2n) is 6.76. The number of nitrogens with zero attached hydrogens (tertiary/aromatic N) is 2. The van der Waals surface area contributed by atoms with Crippen LogP contribution in [0.2, 0.25) is 0 Å². The number of carbonyl (C=O) groups excluding carboxylic acids is 1. The molecular weight excluding hydrogens is 364 g/mol. The van der Waals surface area contributed by atoms with Gasteiger partial charge in [0.25, 0.3) is 0 Å². The first-order valence-electron chi connectivity index (χ1n) is 9.41. The lowest BCUT2D eigenvalue weighted by atomic mass is 10.0. The van der Waals surface area contributed by atoms with Crippen LogP contribution >= 0.6 is 11.8 Å². The highest BCUT2D eigenvalue weighted by atomic mass is 32.2. The van der Waals surface area contributed by atoms with E-state index >= 15 is 0 Å². The Morgan fingerprint density at radius 2 is 2.00 bits per heavy atom. The van der Waals surface area contributed by atoms with Crippen molar-refractivity contribution in [1.82, 2.24) is 9.88 Å². The SMILES string of the molecule is O=C(CSCc1coc(-c2ccccc2)n1)N1CCCCC1C1OCCO1. The van der Waals surface area contributed by atoms with Gasteiger partial charge in [-0.05, 0) is 31.4 Å². The van der Waals surface area contributed by atoms with Gasteiger partial charge in [0, 0.05) is 17.9 Å². The van der Waals surface area contributed by atoms with Gasteiger partial charge in [-0.1, -0.05) is 18.2 Å². The Morgan fingerprint density at radius 1 is 1.19 bits per heavy atom. The van der Waals surface area contributed by atoms with Gasteiger partial charge in [0.05, 0.1) is 30.7 Å². The minimum atomic E-state index is -0.261. The zero-order chi connectivity index (χ0) is 18.5. The molecule has 2 aliphatic rings. The van der Waals surface area contributed by atoms with E-state index in [0.717, 1.165) is 37.1 Å². The summed E-state index contributed by atoms with van der Waals surface area (Å²) in [6.07, 6.45) is 4.52. The number of piperidine rings is 1. The summed E-state index contributed by atoms with van der Waals surface area (Å²) in [5.74, 6) is 1.84. The van der Waals surface area contributed by atoms with Gasteiger partial charge in [-0.2, -0.15) is 0 Å². The average Bonchev–Trinajstić information content (AvgIpc) is 3.41. The maximum atomic E-state index is 12.7. The van der Waals surface area contributed by atoms with Gasteiger partial charge >= 0.3 is 0 Å². The molecule has 2 saturated heterocycles. The van der Waals surface area contributed by atoms with Crippen LogP contribution in [-0.2, 0) is 20.0 Å². The number of hydrogen-bond donors (Lipinski definition) is 0. The summed E-state index contributed by atoms with van der Waals surface area (Å²) in [6.45, 7) is 2.02. The highest BCUT2D eigenvalue weighted by molar-refractivity contribution is 7.99. The van der Waals surface area contributed by atoms with Crippen LogP contribution < -0.4 is 0 Å². The fourth-order valence-electron chi connectivity index (χ4n) is 3.56. The van der Waals surface area contributed by atoms with Crippen LogP contribution in [-0.4, -0.2) is 53.6 Å². The molecule has 7 heteroatoms. The maximum Gasteiger partial charge on any atom is 0.233 e. The molecule has 0 aliphatic carbocycles. The molecule has 0 radical (unpaired) electrons. The van der Waals surface area contributed by atoms with Crippen LogP contribution in [0.3, 0.4) is 0 Å². The second-order valence-corrected chi connectivity index (χ2v) is 7.75. The predicted octanol–water partition coefficient (Wildman–Crippen LogP) is 3.33. The van der Waals surface area contributed by atoms with Gasteiger partial charge in [-0.3, -0.25) is 4.79 Å². The summed E-state index contributed by atoms with van der Waals surface area (Å²) in [6, 6.07) is 9.86. The maximum absolute atomic E-state index is 12.7. The van der Waals surface area contributed by atoms with Gasteiger partial charge in [0.2, 0.25) is 11.8 Å². The second kappa shape index (κ2) is 8.91. The van der Waals surface area contributed by atoms with Crippen LogP contribution in [0.25, 0.3) is 11.5 Å². The molecule has 1 aromatic carbocycles. The molecule has 1 unspecified atom stereocenters. The Hall–Kier alpha value is -1.83. The van der Waals surface area contributed by atoms with E-state index < -0.39 is 0 Å². The Balaban J connectivity index is 1.29. The van der Waals surface area contributed by atoms with E-state index in [4.69, 9.17) is 13.9 Å². The largest absolute Gasteiger partial charge is 0.444 e. The van der Waals surface area contributed by atoms with Gasteiger partial charge < -0.3 is 18.8 Å². The average molecular weight is 388 g/mol. The first-order valence-corrected chi connectivity index (χ1v) is 10.6. The summed E-state index contributed by atoms with van der Waals surface area (Å²) >= 11 is 1.57. The van der Waals surface area contributed by atoms with E-state index in [1.807, 2.05) is 35.2 Å². The van der Waals surface area contributed by atoms with Crippen LogP contribution in [0.5, 0.6) is 0 Å². The number of oxazole rings is 1. The third kappa shape index (κ3) is 4.54. The van der Waals surface area contributed by atoms with Crippen molar-refractivity contribution >= 4 is 17.7 Å². The van der Waals surface area contributed by atoms with Gasteiger partial charge in [0.1, 0.15) is 6.26 Å². The summed E-state index contributed by atoms with van der Waals surface area (Å²) in [7, 11) is 0. The monoisotopic (exact) mass is 388 g/mol. The molecule has 2 fully saturated rings. The molecule has 0 bridgehead atoms. The first-order chi connectivity index (χ1) is 13.3. The topological polar surface area (TPSA) is 64.8 Å². The first kappa shape index (κ1) is 18.5. The molecule has 1 aromatic heterocycles. The molecule has 0 N–H and O–H groups in total. The standard InChI is InChI=1S/C20H24N2O4S/c23-18(22-9-5-4-8-17(22)20-24-10-11-25-20)14-27-13-16-12-26-19(21-16)15-6-2-1-3-7-15/h1-3,6-7,12,17,20H,4-5,8-11,13-14H2. The highest BCUT2D eigenvalue weighted by Gasteiger charge is 2.35. The smallest absolute Gasteiger partial charge is 0.233 e. The number of ether oxygens (including phenoxy) is 2.